The van der Waals surface area contributed by atoms with E-state index < -0.39 is 12.5 Å². The van der Waals surface area contributed by atoms with Crippen molar-refractivity contribution in [3.63, 3.8) is 0 Å². The van der Waals surface area contributed by atoms with Crippen LogP contribution in [0.15, 0.2) is 30.3 Å². The molecule has 0 amide bonds. The number of hydrogen-bond acceptors (Lipinski definition) is 2. The number of nitrogens with zero attached hydrogens (tertiary/aromatic N) is 1. The fourth-order valence-electron chi connectivity index (χ4n) is 1.84. The summed E-state index contributed by atoms with van der Waals surface area (Å²) in [6, 6.07) is 8.30. The van der Waals surface area contributed by atoms with E-state index in [0.717, 1.165) is 0 Å². The molecule has 0 aliphatic carbocycles. The second-order valence-corrected chi connectivity index (χ2v) is 3.98. The molecule has 1 atom stereocenters. The van der Waals surface area contributed by atoms with Gasteiger partial charge in [0.1, 0.15) is 0 Å². The molecule has 94 valence electrons. The van der Waals surface area contributed by atoms with Crippen LogP contribution < -0.4 is 0 Å². The second kappa shape index (κ2) is 6.45. The van der Waals surface area contributed by atoms with Crippen molar-refractivity contribution in [2.45, 2.75) is 25.8 Å². The summed E-state index contributed by atoms with van der Waals surface area (Å²) in [5.41, 5.74) is 0.570. The maximum Gasteiger partial charge on any atom is 0.251 e. The molecule has 4 heteroatoms. The standard InChI is InChI=1S/C13H17F2NO/c1-3-11(16(2)9-12(14)15)13(17)10-7-5-4-6-8-10/h4-8,11-12H,3,9H2,1-2H3. The Kier molecular flexibility index (Phi) is 5.22. The molecule has 0 fully saturated rings. The highest BCUT2D eigenvalue weighted by Crippen LogP contribution is 2.12. The number of hydrogen-bond donors (Lipinski definition) is 0. The molecule has 0 N–H and O–H groups in total. The minimum atomic E-state index is -2.42. The van der Waals surface area contributed by atoms with E-state index in [9.17, 15) is 13.6 Å². The van der Waals surface area contributed by atoms with Gasteiger partial charge in [-0.2, -0.15) is 0 Å². The summed E-state index contributed by atoms with van der Waals surface area (Å²) in [7, 11) is 1.56. The average molecular weight is 241 g/mol. The van der Waals surface area contributed by atoms with Crippen molar-refractivity contribution < 1.29 is 13.6 Å². The molecule has 0 saturated carbocycles. The van der Waals surface area contributed by atoms with Gasteiger partial charge >= 0.3 is 0 Å². The number of carbonyl (C=O) groups is 1. The van der Waals surface area contributed by atoms with E-state index in [-0.39, 0.29) is 12.3 Å². The van der Waals surface area contributed by atoms with Crippen molar-refractivity contribution in [2.24, 2.45) is 0 Å². The molecule has 0 aliphatic heterocycles. The van der Waals surface area contributed by atoms with E-state index >= 15 is 0 Å². The van der Waals surface area contributed by atoms with Crippen LogP contribution in [0.3, 0.4) is 0 Å². The summed E-state index contributed by atoms with van der Waals surface area (Å²) in [5, 5.41) is 0. The highest BCUT2D eigenvalue weighted by molar-refractivity contribution is 6.00. The molecule has 0 heterocycles. The predicted molar refractivity (Wildman–Crippen MR) is 63.5 cm³/mol. The molecule has 0 aromatic heterocycles. The number of alkyl halides is 2. The van der Waals surface area contributed by atoms with Crippen LogP contribution in [0.4, 0.5) is 8.78 Å². The molecule has 2 nitrogen and oxygen atoms in total. The van der Waals surface area contributed by atoms with Gasteiger partial charge in [-0.05, 0) is 13.5 Å². The van der Waals surface area contributed by atoms with Gasteiger partial charge in [0, 0.05) is 5.56 Å². The summed E-state index contributed by atoms with van der Waals surface area (Å²) in [5.74, 6) is -0.101. The highest BCUT2D eigenvalue weighted by Gasteiger charge is 2.24. The highest BCUT2D eigenvalue weighted by atomic mass is 19.3. The topological polar surface area (TPSA) is 20.3 Å². The SMILES string of the molecule is CCC(C(=O)c1ccccc1)N(C)CC(F)F. The van der Waals surface area contributed by atoms with E-state index in [4.69, 9.17) is 0 Å². The summed E-state index contributed by atoms with van der Waals surface area (Å²) < 4.78 is 24.6. The Hall–Kier alpha value is -1.29. The Bertz CT molecular complexity index is 354. The minimum Gasteiger partial charge on any atom is -0.292 e. The van der Waals surface area contributed by atoms with Crippen molar-refractivity contribution in [3.8, 4) is 0 Å². The number of likely N-dealkylation sites (N-methyl/N-ethyl adjacent to an activating group) is 1. The summed E-state index contributed by atoms with van der Waals surface area (Å²) in [6.07, 6.45) is -1.89. The van der Waals surface area contributed by atoms with Crippen molar-refractivity contribution in [3.05, 3.63) is 35.9 Å². The first-order chi connectivity index (χ1) is 8.06. The zero-order chi connectivity index (χ0) is 12.8. The Balaban J connectivity index is 2.77. The van der Waals surface area contributed by atoms with Gasteiger partial charge in [0.15, 0.2) is 5.78 Å². The summed E-state index contributed by atoms with van der Waals surface area (Å²) in [4.78, 5) is 13.5. The number of carbonyl (C=O) groups excluding carboxylic acids is 1. The van der Waals surface area contributed by atoms with Gasteiger partial charge in [-0.15, -0.1) is 0 Å². The quantitative estimate of drug-likeness (QED) is 0.714. The average Bonchev–Trinajstić information content (AvgIpc) is 2.30. The van der Waals surface area contributed by atoms with E-state index in [1.807, 2.05) is 13.0 Å². The zero-order valence-electron chi connectivity index (χ0n) is 10.1. The Morgan fingerprint density at radius 1 is 1.29 bits per heavy atom. The monoisotopic (exact) mass is 241 g/mol. The first kappa shape index (κ1) is 13.8. The third kappa shape index (κ3) is 3.89. The molecule has 0 bridgehead atoms. The molecular formula is C13H17F2NO. The van der Waals surface area contributed by atoms with E-state index in [2.05, 4.69) is 0 Å². The van der Waals surface area contributed by atoms with Crippen molar-refractivity contribution >= 4 is 5.78 Å². The largest absolute Gasteiger partial charge is 0.292 e. The Morgan fingerprint density at radius 2 is 1.88 bits per heavy atom. The lowest BCUT2D eigenvalue weighted by atomic mass is 10.0. The molecule has 0 saturated heterocycles. The van der Waals surface area contributed by atoms with Gasteiger partial charge in [-0.1, -0.05) is 37.3 Å². The van der Waals surface area contributed by atoms with Gasteiger partial charge in [0.2, 0.25) is 0 Å². The molecule has 0 aliphatic rings. The number of benzene rings is 1. The predicted octanol–water partition coefficient (Wildman–Crippen LogP) is 2.84. The third-order valence-corrected chi connectivity index (χ3v) is 2.71. The maximum absolute atomic E-state index is 12.3. The fourth-order valence-corrected chi connectivity index (χ4v) is 1.84. The van der Waals surface area contributed by atoms with Gasteiger partial charge in [-0.25, -0.2) is 8.78 Å². The fraction of sp³-hybridized carbons (Fsp3) is 0.462. The second-order valence-electron chi connectivity index (χ2n) is 3.98. The van der Waals surface area contributed by atoms with Crippen LogP contribution in [-0.2, 0) is 0 Å². The lowest BCUT2D eigenvalue weighted by Crippen LogP contribution is -2.40. The minimum absolute atomic E-state index is 0.101. The van der Waals surface area contributed by atoms with Crippen LogP contribution in [0, 0.1) is 0 Å². The summed E-state index contributed by atoms with van der Waals surface area (Å²) >= 11 is 0. The molecule has 1 unspecified atom stereocenters. The zero-order valence-corrected chi connectivity index (χ0v) is 10.1. The van der Waals surface area contributed by atoms with E-state index in [1.165, 1.54) is 4.90 Å². The first-order valence-electron chi connectivity index (χ1n) is 5.64. The molecule has 17 heavy (non-hydrogen) atoms. The van der Waals surface area contributed by atoms with Gasteiger partial charge < -0.3 is 0 Å². The molecule has 1 aromatic rings. The lowest BCUT2D eigenvalue weighted by Gasteiger charge is -2.25. The van der Waals surface area contributed by atoms with Crippen LogP contribution >= 0.6 is 0 Å². The van der Waals surface area contributed by atoms with Crippen molar-refractivity contribution in [1.29, 1.82) is 0 Å². The maximum atomic E-state index is 12.3. The smallest absolute Gasteiger partial charge is 0.251 e. The number of Topliss-reactive ketones (excluding diaryl/α,β-unsaturated/α-hetero) is 1. The van der Waals surface area contributed by atoms with Crippen LogP contribution in [0.2, 0.25) is 0 Å². The third-order valence-electron chi connectivity index (χ3n) is 2.71. The van der Waals surface area contributed by atoms with Gasteiger partial charge in [0.05, 0.1) is 12.6 Å². The Labute approximate surface area is 100 Å². The molecule has 0 spiro atoms. The van der Waals surface area contributed by atoms with Crippen LogP contribution in [-0.4, -0.2) is 36.7 Å². The molecule has 1 rings (SSSR count). The lowest BCUT2D eigenvalue weighted by molar-refractivity contribution is 0.0643. The normalized spacial score (nSPS) is 13.1. The summed E-state index contributed by atoms with van der Waals surface area (Å²) in [6.45, 7) is 1.45. The van der Waals surface area contributed by atoms with Crippen molar-refractivity contribution in [2.75, 3.05) is 13.6 Å². The Morgan fingerprint density at radius 3 is 2.35 bits per heavy atom. The number of rotatable bonds is 6. The number of ketones is 1. The van der Waals surface area contributed by atoms with Gasteiger partial charge in [-0.3, -0.25) is 9.69 Å². The molecular weight excluding hydrogens is 224 g/mol. The van der Waals surface area contributed by atoms with Crippen LogP contribution in [0.5, 0.6) is 0 Å². The van der Waals surface area contributed by atoms with E-state index in [1.54, 1.807) is 31.3 Å². The van der Waals surface area contributed by atoms with Crippen LogP contribution in [0.1, 0.15) is 23.7 Å². The van der Waals surface area contributed by atoms with E-state index in [0.29, 0.717) is 12.0 Å². The molecule has 1 aromatic carbocycles. The first-order valence-corrected chi connectivity index (χ1v) is 5.64. The van der Waals surface area contributed by atoms with Crippen LogP contribution in [0.25, 0.3) is 0 Å². The van der Waals surface area contributed by atoms with Gasteiger partial charge in [0.25, 0.3) is 6.43 Å². The number of halogens is 2. The molecule has 0 radical (unpaired) electrons. The van der Waals surface area contributed by atoms with Crippen molar-refractivity contribution in [1.82, 2.24) is 4.90 Å².